The van der Waals surface area contributed by atoms with Crippen LogP contribution in [-0.4, -0.2) is 60.2 Å². The predicted octanol–water partition coefficient (Wildman–Crippen LogP) is 4.79. The molecule has 1 aliphatic heterocycles. The van der Waals surface area contributed by atoms with Crippen LogP contribution in [0.2, 0.25) is 0 Å². The normalized spacial score (nSPS) is 21.1. The van der Waals surface area contributed by atoms with E-state index in [4.69, 9.17) is 19.9 Å². The molecule has 2 aliphatic rings. The van der Waals surface area contributed by atoms with Crippen LogP contribution in [0.5, 0.6) is 0 Å². The summed E-state index contributed by atoms with van der Waals surface area (Å²) < 4.78 is 0. The highest BCUT2D eigenvalue weighted by atomic mass is 15.3. The highest BCUT2D eigenvalue weighted by Crippen LogP contribution is 2.32. The molecule has 2 aromatic heterocycles. The van der Waals surface area contributed by atoms with E-state index in [2.05, 4.69) is 70.9 Å². The van der Waals surface area contributed by atoms with Crippen molar-refractivity contribution < 1.29 is 0 Å². The van der Waals surface area contributed by atoms with E-state index < -0.39 is 0 Å². The molecule has 6 bridgehead atoms. The Balaban J connectivity index is 1.38. The maximum absolute atomic E-state index is 4.97. The number of likely N-dealkylation sites (N-methyl/N-ethyl adjacent to an activating group) is 2. The first-order valence-electron chi connectivity index (χ1n) is 13.1. The molecule has 0 amide bonds. The van der Waals surface area contributed by atoms with Gasteiger partial charge in [0.1, 0.15) is 11.6 Å². The van der Waals surface area contributed by atoms with Crippen molar-refractivity contribution >= 4 is 45.3 Å². The largest absolute Gasteiger partial charge is 0.369 e. The Bertz CT molecular complexity index is 1270. The van der Waals surface area contributed by atoms with Gasteiger partial charge in [0.15, 0.2) is 0 Å². The summed E-state index contributed by atoms with van der Waals surface area (Å²) in [6.07, 6.45) is 4.97. The third-order valence-electron chi connectivity index (χ3n) is 7.64. The number of para-hydroxylation sites is 2. The lowest BCUT2D eigenvalue weighted by Crippen LogP contribution is -2.32. The van der Waals surface area contributed by atoms with Gasteiger partial charge in [-0.3, -0.25) is 0 Å². The minimum Gasteiger partial charge on any atom is -0.369 e. The molecule has 0 saturated heterocycles. The van der Waals surface area contributed by atoms with E-state index >= 15 is 0 Å². The molecule has 1 saturated carbocycles. The molecular weight excluding hydrogens is 448 g/mol. The maximum Gasteiger partial charge on any atom is 0.227 e. The first-order chi connectivity index (χ1) is 17.6. The number of hydrogen-bond acceptors (Lipinski definition) is 8. The van der Waals surface area contributed by atoms with Gasteiger partial charge in [-0.1, -0.05) is 30.7 Å². The molecule has 2 N–H and O–H groups in total. The predicted molar refractivity (Wildman–Crippen MR) is 148 cm³/mol. The summed E-state index contributed by atoms with van der Waals surface area (Å²) in [7, 11) is 4.10. The van der Waals surface area contributed by atoms with E-state index in [1.54, 1.807) is 0 Å². The molecule has 8 heteroatoms. The van der Waals surface area contributed by atoms with Crippen LogP contribution in [0.15, 0.2) is 48.5 Å². The molecule has 2 atom stereocenters. The number of anilines is 4. The minimum atomic E-state index is 0.625. The van der Waals surface area contributed by atoms with E-state index in [9.17, 15) is 0 Å². The second-order valence-electron chi connectivity index (χ2n) is 10.3. The van der Waals surface area contributed by atoms with E-state index in [1.807, 2.05) is 12.1 Å². The SMILES string of the molecule is CN1CCN(C)c2nc(c3ccccc3n2)NCC2CCCC(CNc3nc1nc1ccccc31)C2. The van der Waals surface area contributed by atoms with E-state index in [0.717, 1.165) is 71.5 Å². The maximum atomic E-state index is 4.97. The first-order valence-corrected chi connectivity index (χ1v) is 13.1. The average Bonchev–Trinajstić information content (AvgIpc) is 2.92. The van der Waals surface area contributed by atoms with Crippen molar-refractivity contribution in [1.82, 2.24) is 19.9 Å². The third-order valence-corrected chi connectivity index (χ3v) is 7.64. The quantitative estimate of drug-likeness (QED) is 0.370. The summed E-state index contributed by atoms with van der Waals surface area (Å²) in [5.74, 6) is 4.58. The molecule has 36 heavy (non-hydrogen) atoms. The van der Waals surface area contributed by atoms with Crippen molar-refractivity contribution in [3.63, 3.8) is 0 Å². The van der Waals surface area contributed by atoms with Crippen LogP contribution >= 0.6 is 0 Å². The number of benzene rings is 2. The number of fused-ring (bicyclic) bond motifs is 10. The standard InChI is InChI=1S/C28H34N8/c1-35-14-15-36(2)28-32-24-13-6-4-11-22(24)26(34-28)30-18-20-9-7-8-19(16-20)17-29-25-21-10-3-5-12-23(21)31-27(35)33-25/h3-6,10-13,19-20H,7-9,14-18H2,1-2H3,(H,29,31,33)(H,30,32,34). The lowest BCUT2D eigenvalue weighted by atomic mass is 9.81. The number of aromatic nitrogens is 4. The zero-order valence-corrected chi connectivity index (χ0v) is 21.1. The Morgan fingerprint density at radius 3 is 1.64 bits per heavy atom. The van der Waals surface area contributed by atoms with Crippen molar-refractivity contribution in [2.45, 2.75) is 25.7 Å². The summed E-state index contributed by atoms with van der Waals surface area (Å²) in [6, 6.07) is 16.6. The zero-order valence-electron chi connectivity index (χ0n) is 21.1. The molecular formula is C28H34N8. The summed E-state index contributed by atoms with van der Waals surface area (Å²) in [4.78, 5) is 23.9. The van der Waals surface area contributed by atoms with Gasteiger partial charge >= 0.3 is 0 Å². The van der Waals surface area contributed by atoms with E-state index in [-0.39, 0.29) is 0 Å². The molecule has 1 aliphatic carbocycles. The zero-order chi connectivity index (χ0) is 24.5. The third kappa shape index (κ3) is 4.59. The minimum absolute atomic E-state index is 0.625. The summed E-state index contributed by atoms with van der Waals surface area (Å²) in [5.41, 5.74) is 1.94. The van der Waals surface area contributed by atoms with Gasteiger partial charge in [0.25, 0.3) is 0 Å². The number of hydrogen-bond donors (Lipinski definition) is 2. The number of rotatable bonds is 0. The second-order valence-corrected chi connectivity index (χ2v) is 10.3. The van der Waals surface area contributed by atoms with Crippen LogP contribution in [0.4, 0.5) is 23.5 Å². The monoisotopic (exact) mass is 482 g/mol. The van der Waals surface area contributed by atoms with E-state index in [1.165, 1.54) is 25.7 Å². The fourth-order valence-electron chi connectivity index (χ4n) is 5.49. The van der Waals surface area contributed by atoms with Gasteiger partial charge < -0.3 is 20.4 Å². The van der Waals surface area contributed by atoms with Crippen LogP contribution in [0, 0.1) is 11.8 Å². The number of nitrogens with zero attached hydrogens (tertiary/aromatic N) is 6. The van der Waals surface area contributed by atoms with Gasteiger partial charge in [-0.2, -0.15) is 9.97 Å². The smallest absolute Gasteiger partial charge is 0.227 e. The molecule has 0 spiro atoms. The van der Waals surface area contributed by atoms with Crippen LogP contribution in [0.3, 0.4) is 0 Å². The van der Waals surface area contributed by atoms with Gasteiger partial charge in [0.05, 0.1) is 11.0 Å². The number of nitrogens with one attached hydrogen (secondary N) is 2. The molecule has 2 aromatic carbocycles. The molecule has 4 aromatic rings. The Labute approximate surface area is 212 Å². The highest BCUT2D eigenvalue weighted by molar-refractivity contribution is 5.91. The van der Waals surface area contributed by atoms with Crippen molar-refractivity contribution in [3.05, 3.63) is 48.5 Å². The molecule has 1 fully saturated rings. The fourth-order valence-corrected chi connectivity index (χ4v) is 5.49. The van der Waals surface area contributed by atoms with E-state index in [0.29, 0.717) is 11.8 Å². The van der Waals surface area contributed by atoms with Crippen LogP contribution in [0.25, 0.3) is 21.8 Å². The molecule has 186 valence electrons. The van der Waals surface area contributed by atoms with Crippen LogP contribution in [-0.2, 0) is 0 Å². The second kappa shape index (κ2) is 9.76. The van der Waals surface area contributed by atoms with Gasteiger partial charge in [-0.05, 0) is 55.4 Å². The summed E-state index contributed by atoms with van der Waals surface area (Å²) in [6.45, 7) is 3.36. The molecule has 2 unspecified atom stereocenters. The van der Waals surface area contributed by atoms with Gasteiger partial charge in [0, 0.05) is 51.0 Å². The molecule has 8 nitrogen and oxygen atoms in total. The average molecular weight is 483 g/mol. The van der Waals surface area contributed by atoms with Crippen LogP contribution in [0.1, 0.15) is 25.7 Å². The van der Waals surface area contributed by atoms with Crippen LogP contribution < -0.4 is 20.4 Å². The molecule has 0 radical (unpaired) electrons. The van der Waals surface area contributed by atoms with Crippen molar-refractivity contribution in [3.8, 4) is 0 Å². The van der Waals surface area contributed by atoms with Crippen molar-refractivity contribution in [2.24, 2.45) is 11.8 Å². The van der Waals surface area contributed by atoms with Gasteiger partial charge in [-0.15, -0.1) is 0 Å². The Morgan fingerprint density at radius 2 is 1.14 bits per heavy atom. The Morgan fingerprint density at radius 1 is 0.667 bits per heavy atom. The van der Waals surface area contributed by atoms with Crippen molar-refractivity contribution in [2.75, 3.05) is 60.7 Å². The fraction of sp³-hybridized carbons (Fsp3) is 0.429. The molecule has 6 rings (SSSR count). The topological polar surface area (TPSA) is 82.1 Å². The molecule has 3 heterocycles. The lowest BCUT2D eigenvalue weighted by molar-refractivity contribution is 0.286. The summed E-state index contributed by atoms with van der Waals surface area (Å²) in [5, 5.41) is 9.57. The van der Waals surface area contributed by atoms with Crippen molar-refractivity contribution in [1.29, 1.82) is 0 Å². The Kier molecular flexibility index (Phi) is 6.17. The Hall–Kier alpha value is -3.68. The highest BCUT2D eigenvalue weighted by Gasteiger charge is 2.23. The first kappa shape index (κ1) is 22.8. The summed E-state index contributed by atoms with van der Waals surface area (Å²) >= 11 is 0. The van der Waals surface area contributed by atoms with Gasteiger partial charge in [0.2, 0.25) is 11.9 Å². The van der Waals surface area contributed by atoms with Gasteiger partial charge in [-0.25, -0.2) is 9.97 Å². The lowest BCUT2D eigenvalue weighted by Gasteiger charge is -2.30.